The summed E-state index contributed by atoms with van der Waals surface area (Å²) in [4.78, 5) is 12.7. The minimum atomic E-state index is 0.0128. The maximum atomic E-state index is 10.7. The normalized spacial score (nSPS) is 23.5. The Hall–Kier alpha value is -1.08. The molecule has 66 valence electrons. The largest absolute Gasteiger partial charge is 0.352 e. The molecule has 1 saturated heterocycles. The van der Waals surface area contributed by atoms with E-state index in [0.717, 1.165) is 19.5 Å². The second-order valence-electron chi connectivity index (χ2n) is 3.08. The molecule has 1 N–H and O–H groups in total. The van der Waals surface area contributed by atoms with Gasteiger partial charge < -0.3 is 5.32 Å². The molecule has 1 rings (SSSR count). The highest BCUT2D eigenvalue weighted by Gasteiger charge is 2.21. The Kier molecular flexibility index (Phi) is 3.06. The van der Waals surface area contributed by atoms with Crippen LogP contribution in [0.1, 0.15) is 13.3 Å². The number of nitriles is 1. The Labute approximate surface area is 72.2 Å². The van der Waals surface area contributed by atoms with Crippen molar-refractivity contribution in [1.82, 2.24) is 10.2 Å². The van der Waals surface area contributed by atoms with E-state index in [9.17, 15) is 4.79 Å². The van der Waals surface area contributed by atoms with E-state index in [1.807, 2.05) is 4.90 Å². The van der Waals surface area contributed by atoms with E-state index >= 15 is 0 Å². The first kappa shape index (κ1) is 9.01. The summed E-state index contributed by atoms with van der Waals surface area (Å²) in [5.41, 5.74) is 0. The predicted octanol–water partition coefficient (Wildman–Crippen LogP) is -0.280. The summed E-state index contributed by atoms with van der Waals surface area (Å²) in [5, 5.41) is 11.3. The van der Waals surface area contributed by atoms with E-state index in [4.69, 9.17) is 5.26 Å². The number of hydrogen-bond acceptors (Lipinski definition) is 3. The van der Waals surface area contributed by atoms with Crippen molar-refractivity contribution in [2.75, 3.05) is 19.6 Å². The van der Waals surface area contributed by atoms with Crippen molar-refractivity contribution < 1.29 is 4.79 Å². The summed E-state index contributed by atoms with van der Waals surface area (Å²) in [6.45, 7) is 3.72. The van der Waals surface area contributed by atoms with Crippen LogP contribution in [0.25, 0.3) is 0 Å². The highest BCUT2D eigenvalue weighted by molar-refractivity contribution is 5.73. The van der Waals surface area contributed by atoms with Crippen LogP contribution >= 0.6 is 0 Å². The second-order valence-corrected chi connectivity index (χ2v) is 3.08. The van der Waals surface area contributed by atoms with Crippen molar-refractivity contribution in [3.05, 3.63) is 0 Å². The van der Waals surface area contributed by atoms with Crippen LogP contribution in [0.5, 0.6) is 0 Å². The maximum absolute atomic E-state index is 10.7. The minimum absolute atomic E-state index is 0.0128. The molecular formula is C8H13N3O. The van der Waals surface area contributed by atoms with Crippen molar-refractivity contribution in [3.63, 3.8) is 0 Å². The van der Waals surface area contributed by atoms with Gasteiger partial charge in [0.25, 0.3) is 0 Å². The highest BCUT2D eigenvalue weighted by Crippen LogP contribution is 2.07. The van der Waals surface area contributed by atoms with E-state index in [1.165, 1.54) is 6.92 Å². The quantitative estimate of drug-likeness (QED) is 0.575. The van der Waals surface area contributed by atoms with Crippen LogP contribution in [0.3, 0.4) is 0 Å². The molecule has 1 heterocycles. The third-order valence-corrected chi connectivity index (χ3v) is 1.97. The molecule has 0 aromatic rings. The van der Waals surface area contributed by atoms with Gasteiger partial charge in [-0.05, 0) is 6.42 Å². The molecule has 0 radical (unpaired) electrons. The lowest BCUT2D eigenvalue weighted by Crippen LogP contribution is -2.35. The summed E-state index contributed by atoms with van der Waals surface area (Å²) in [5.74, 6) is 0.0128. The SMILES string of the molecule is CC(=O)NC1CCN(CC#N)C1. The monoisotopic (exact) mass is 167 g/mol. The first-order valence-corrected chi connectivity index (χ1v) is 4.09. The predicted molar refractivity (Wildman–Crippen MR) is 44.3 cm³/mol. The number of likely N-dealkylation sites (tertiary alicyclic amines) is 1. The fraction of sp³-hybridized carbons (Fsp3) is 0.750. The molecule has 0 bridgehead atoms. The molecule has 1 amide bonds. The Morgan fingerprint density at radius 2 is 2.58 bits per heavy atom. The molecule has 0 saturated carbocycles. The van der Waals surface area contributed by atoms with Crippen LogP contribution in [0.15, 0.2) is 0 Å². The molecule has 0 aromatic carbocycles. The van der Waals surface area contributed by atoms with Crippen molar-refractivity contribution in [2.24, 2.45) is 0 Å². The first-order valence-electron chi connectivity index (χ1n) is 4.09. The van der Waals surface area contributed by atoms with Crippen molar-refractivity contribution in [3.8, 4) is 6.07 Å². The Morgan fingerprint density at radius 3 is 3.17 bits per heavy atom. The van der Waals surface area contributed by atoms with E-state index in [-0.39, 0.29) is 11.9 Å². The molecule has 12 heavy (non-hydrogen) atoms. The lowest BCUT2D eigenvalue weighted by molar-refractivity contribution is -0.119. The van der Waals surface area contributed by atoms with Crippen molar-refractivity contribution in [1.29, 1.82) is 5.26 Å². The second kappa shape index (κ2) is 4.07. The molecule has 0 spiro atoms. The van der Waals surface area contributed by atoms with Gasteiger partial charge in [0.05, 0.1) is 12.6 Å². The lowest BCUT2D eigenvalue weighted by atomic mass is 10.3. The maximum Gasteiger partial charge on any atom is 0.217 e. The van der Waals surface area contributed by atoms with E-state index in [0.29, 0.717) is 6.54 Å². The van der Waals surface area contributed by atoms with Crippen molar-refractivity contribution >= 4 is 5.91 Å². The molecule has 1 aliphatic rings. The van der Waals surface area contributed by atoms with Gasteiger partial charge in [-0.25, -0.2) is 0 Å². The number of amides is 1. The number of nitrogens with zero attached hydrogens (tertiary/aromatic N) is 2. The molecule has 4 heteroatoms. The van der Waals surface area contributed by atoms with Gasteiger partial charge in [-0.15, -0.1) is 0 Å². The molecule has 1 atom stereocenters. The van der Waals surface area contributed by atoms with Crippen LogP contribution in [-0.4, -0.2) is 36.5 Å². The standard InChI is InChI=1S/C8H13N3O/c1-7(12)10-8-2-4-11(6-8)5-3-9/h8H,2,4-6H2,1H3,(H,10,12). The third-order valence-electron chi connectivity index (χ3n) is 1.97. The Morgan fingerprint density at radius 1 is 1.83 bits per heavy atom. The number of carbonyl (C=O) groups excluding carboxylic acids is 1. The summed E-state index contributed by atoms with van der Waals surface area (Å²) in [7, 11) is 0. The molecular weight excluding hydrogens is 154 g/mol. The molecule has 4 nitrogen and oxygen atoms in total. The average molecular weight is 167 g/mol. The smallest absolute Gasteiger partial charge is 0.217 e. The zero-order valence-corrected chi connectivity index (χ0v) is 7.21. The number of rotatable bonds is 2. The number of nitrogens with one attached hydrogen (secondary N) is 1. The zero-order chi connectivity index (χ0) is 8.97. The van der Waals surface area contributed by atoms with Gasteiger partial charge in [0, 0.05) is 26.1 Å². The summed E-state index contributed by atoms with van der Waals surface area (Å²) in [6, 6.07) is 2.34. The topological polar surface area (TPSA) is 56.1 Å². The van der Waals surface area contributed by atoms with Crippen LogP contribution in [0, 0.1) is 11.3 Å². The Balaban J connectivity index is 2.26. The molecule has 0 aromatic heterocycles. The van der Waals surface area contributed by atoms with Gasteiger partial charge in [-0.3, -0.25) is 9.69 Å². The van der Waals surface area contributed by atoms with Gasteiger partial charge in [-0.2, -0.15) is 5.26 Å². The fourth-order valence-corrected chi connectivity index (χ4v) is 1.48. The third kappa shape index (κ3) is 2.51. The first-order chi connectivity index (χ1) is 5.72. The van der Waals surface area contributed by atoms with Crippen LogP contribution in [0.4, 0.5) is 0 Å². The molecule has 1 fully saturated rings. The van der Waals surface area contributed by atoms with Gasteiger partial charge in [0.2, 0.25) is 5.91 Å². The summed E-state index contributed by atoms with van der Waals surface area (Å²) < 4.78 is 0. The van der Waals surface area contributed by atoms with Gasteiger partial charge >= 0.3 is 0 Å². The number of hydrogen-bond donors (Lipinski definition) is 1. The average Bonchev–Trinajstić information content (AvgIpc) is 2.36. The van der Waals surface area contributed by atoms with Gasteiger partial charge in [0.15, 0.2) is 0 Å². The summed E-state index contributed by atoms with van der Waals surface area (Å²) >= 11 is 0. The lowest BCUT2D eigenvalue weighted by Gasteiger charge is -2.11. The van der Waals surface area contributed by atoms with E-state index in [2.05, 4.69) is 11.4 Å². The summed E-state index contributed by atoms with van der Waals surface area (Å²) in [6.07, 6.45) is 0.960. The van der Waals surface area contributed by atoms with E-state index < -0.39 is 0 Å². The van der Waals surface area contributed by atoms with Crippen LogP contribution in [0.2, 0.25) is 0 Å². The zero-order valence-electron chi connectivity index (χ0n) is 7.21. The van der Waals surface area contributed by atoms with Crippen molar-refractivity contribution in [2.45, 2.75) is 19.4 Å². The Bertz CT molecular complexity index is 209. The fourth-order valence-electron chi connectivity index (χ4n) is 1.48. The minimum Gasteiger partial charge on any atom is -0.352 e. The van der Waals surface area contributed by atoms with Gasteiger partial charge in [0.1, 0.15) is 0 Å². The number of carbonyl (C=O) groups is 1. The molecule has 1 aliphatic heterocycles. The van der Waals surface area contributed by atoms with Gasteiger partial charge in [-0.1, -0.05) is 0 Å². The van der Waals surface area contributed by atoms with Crippen LogP contribution < -0.4 is 5.32 Å². The van der Waals surface area contributed by atoms with E-state index in [1.54, 1.807) is 0 Å². The van der Waals surface area contributed by atoms with Crippen LogP contribution in [-0.2, 0) is 4.79 Å². The highest BCUT2D eigenvalue weighted by atomic mass is 16.1. The molecule has 1 unspecified atom stereocenters. The molecule has 0 aliphatic carbocycles.